The van der Waals surface area contributed by atoms with Crippen LogP contribution in [0.2, 0.25) is 0 Å². The maximum Gasteiger partial charge on any atom is 0.305 e. The van der Waals surface area contributed by atoms with Gasteiger partial charge in [-0.2, -0.15) is 0 Å². The highest BCUT2D eigenvalue weighted by Gasteiger charge is 2.25. The third-order valence-corrected chi connectivity index (χ3v) is 3.03. The summed E-state index contributed by atoms with van der Waals surface area (Å²) in [6, 6.07) is 5.87. The Morgan fingerprint density at radius 1 is 1.47 bits per heavy atom. The van der Waals surface area contributed by atoms with Crippen LogP contribution in [0.1, 0.15) is 6.42 Å². The summed E-state index contributed by atoms with van der Waals surface area (Å²) in [6.45, 7) is 1.45. The average molecular weight is 266 g/mol. The number of morpholine rings is 1. The number of aliphatic carboxylic acids is 1. The predicted octanol–water partition coefficient (Wildman–Crippen LogP) is 1.27. The molecule has 1 aliphatic rings. The standard InChI is InChI=1S/C12H14N2O5/c15-12(16)7-11-8-19-6-5-13(11)9-1-3-10(4-2-9)14(17)18/h1-4,11H,5-8H2,(H,15,16). The Kier molecular flexibility index (Phi) is 3.96. The quantitative estimate of drug-likeness (QED) is 0.651. The number of nitrogens with zero attached hydrogens (tertiary/aromatic N) is 2. The lowest BCUT2D eigenvalue weighted by Crippen LogP contribution is -2.46. The summed E-state index contributed by atoms with van der Waals surface area (Å²) >= 11 is 0. The fourth-order valence-corrected chi connectivity index (χ4v) is 2.13. The van der Waals surface area contributed by atoms with Crippen LogP contribution in [0.3, 0.4) is 0 Å². The van der Waals surface area contributed by atoms with Crippen molar-refractivity contribution in [2.45, 2.75) is 12.5 Å². The van der Waals surface area contributed by atoms with Gasteiger partial charge in [0.25, 0.3) is 5.69 Å². The molecule has 0 radical (unpaired) electrons. The molecule has 19 heavy (non-hydrogen) atoms. The highest BCUT2D eigenvalue weighted by Crippen LogP contribution is 2.24. The van der Waals surface area contributed by atoms with Crippen LogP contribution in [0.25, 0.3) is 0 Å². The van der Waals surface area contributed by atoms with Crippen LogP contribution in [0.4, 0.5) is 11.4 Å². The number of nitro groups is 1. The van der Waals surface area contributed by atoms with E-state index in [1.165, 1.54) is 12.1 Å². The molecule has 1 heterocycles. The fraction of sp³-hybridized carbons (Fsp3) is 0.417. The minimum absolute atomic E-state index is 0.0169. The molecule has 102 valence electrons. The van der Waals surface area contributed by atoms with Gasteiger partial charge in [0, 0.05) is 24.4 Å². The van der Waals surface area contributed by atoms with Crippen LogP contribution in [0, 0.1) is 10.1 Å². The Hall–Kier alpha value is -2.15. The largest absolute Gasteiger partial charge is 0.481 e. The molecule has 0 saturated carbocycles. The van der Waals surface area contributed by atoms with Gasteiger partial charge in [0.15, 0.2) is 0 Å². The van der Waals surface area contributed by atoms with Gasteiger partial charge in [0.2, 0.25) is 0 Å². The Bertz CT molecular complexity index is 474. The van der Waals surface area contributed by atoms with Gasteiger partial charge >= 0.3 is 5.97 Å². The molecule has 0 aliphatic carbocycles. The second kappa shape index (κ2) is 5.66. The first-order valence-electron chi connectivity index (χ1n) is 5.88. The van der Waals surface area contributed by atoms with Crippen LogP contribution >= 0.6 is 0 Å². The maximum atomic E-state index is 10.8. The van der Waals surface area contributed by atoms with Crippen molar-refractivity contribution in [2.75, 3.05) is 24.7 Å². The molecule has 1 aromatic carbocycles. The lowest BCUT2D eigenvalue weighted by molar-refractivity contribution is -0.384. The van der Waals surface area contributed by atoms with Crippen LogP contribution < -0.4 is 4.90 Å². The van der Waals surface area contributed by atoms with Gasteiger partial charge < -0.3 is 14.7 Å². The summed E-state index contributed by atoms with van der Waals surface area (Å²) in [4.78, 5) is 22.9. The number of anilines is 1. The van der Waals surface area contributed by atoms with Gasteiger partial charge in [0.05, 0.1) is 30.6 Å². The summed E-state index contributed by atoms with van der Waals surface area (Å²) in [5.41, 5.74) is 0.798. The Morgan fingerprint density at radius 2 is 2.16 bits per heavy atom. The summed E-state index contributed by atoms with van der Waals surface area (Å²) in [7, 11) is 0. The molecular formula is C12H14N2O5. The fourth-order valence-electron chi connectivity index (χ4n) is 2.13. The Morgan fingerprint density at radius 3 is 2.74 bits per heavy atom. The van der Waals surface area contributed by atoms with E-state index in [1.807, 2.05) is 4.90 Å². The molecule has 1 atom stereocenters. The molecule has 2 rings (SSSR count). The van der Waals surface area contributed by atoms with Crippen molar-refractivity contribution in [3.8, 4) is 0 Å². The number of rotatable bonds is 4. The van der Waals surface area contributed by atoms with Gasteiger partial charge in [-0.15, -0.1) is 0 Å². The molecule has 0 bridgehead atoms. The molecule has 1 aromatic rings. The second-order valence-electron chi connectivity index (χ2n) is 4.29. The van der Waals surface area contributed by atoms with E-state index in [0.717, 1.165) is 5.69 Å². The zero-order valence-electron chi connectivity index (χ0n) is 10.2. The number of carboxylic acids is 1. The van der Waals surface area contributed by atoms with Crippen molar-refractivity contribution in [3.05, 3.63) is 34.4 Å². The van der Waals surface area contributed by atoms with Gasteiger partial charge in [-0.1, -0.05) is 0 Å². The summed E-state index contributed by atoms with van der Waals surface area (Å²) in [5, 5.41) is 19.5. The molecule has 1 N–H and O–H groups in total. The summed E-state index contributed by atoms with van der Waals surface area (Å²) < 4.78 is 5.28. The van der Waals surface area contributed by atoms with Crippen molar-refractivity contribution < 1.29 is 19.6 Å². The molecule has 7 nitrogen and oxygen atoms in total. The van der Waals surface area contributed by atoms with E-state index >= 15 is 0 Å². The number of carboxylic acid groups (broad SMARTS) is 1. The number of nitro benzene ring substituents is 1. The number of benzene rings is 1. The summed E-state index contributed by atoms with van der Waals surface area (Å²) in [5.74, 6) is -0.887. The molecule has 1 fully saturated rings. The molecule has 1 unspecified atom stereocenters. The molecule has 7 heteroatoms. The van der Waals surface area contributed by atoms with Crippen molar-refractivity contribution in [1.29, 1.82) is 0 Å². The van der Waals surface area contributed by atoms with E-state index in [0.29, 0.717) is 19.8 Å². The number of ether oxygens (including phenoxy) is 1. The normalized spacial score (nSPS) is 19.2. The lowest BCUT2D eigenvalue weighted by atomic mass is 10.1. The maximum absolute atomic E-state index is 10.8. The predicted molar refractivity (Wildman–Crippen MR) is 67.3 cm³/mol. The minimum Gasteiger partial charge on any atom is -0.481 e. The summed E-state index contributed by atoms with van der Waals surface area (Å²) in [6.07, 6.45) is -0.0169. The topological polar surface area (TPSA) is 92.9 Å². The van der Waals surface area contributed by atoms with Crippen LogP contribution in [0.5, 0.6) is 0 Å². The highest BCUT2D eigenvalue weighted by atomic mass is 16.6. The van der Waals surface area contributed by atoms with Gasteiger partial charge in [-0.05, 0) is 12.1 Å². The molecule has 1 saturated heterocycles. The third-order valence-electron chi connectivity index (χ3n) is 3.03. The van der Waals surface area contributed by atoms with E-state index in [2.05, 4.69) is 0 Å². The van der Waals surface area contributed by atoms with E-state index in [-0.39, 0.29) is 18.2 Å². The van der Waals surface area contributed by atoms with Crippen molar-refractivity contribution in [1.82, 2.24) is 0 Å². The second-order valence-corrected chi connectivity index (χ2v) is 4.29. The molecule has 1 aliphatic heterocycles. The zero-order valence-corrected chi connectivity index (χ0v) is 10.2. The van der Waals surface area contributed by atoms with E-state index < -0.39 is 10.9 Å². The van der Waals surface area contributed by atoms with Crippen molar-refractivity contribution >= 4 is 17.3 Å². The van der Waals surface area contributed by atoms with Crippen LogP contribution in [0.15, 0.2) is 24.3 Å². The first-order valence-corrected chi connectivity index (χ1v) is 5.88. The lowest BCUT2D eigenvalue weighted by Gasteiger charge is -2.36. The molecule has 0 spiro atoms. The highest BCUT2D eigenvalue weighted by molar-refractivity contribution is 5.68. The minimum atomic E-state index is -0.887. The number of hydrogen-bond donors (Lipinski definition) is 1. The first kappa shape index (κ1) is 13.3. The van der Waals surface area contributed by atoms with E-state index in [9.17, 15) is 14.9 Å². The molecular weight excluding hydrogens is 252 g/mol. The SMILES string of the molecule is O=C(O)CC1COCCN1c1ccc([N+](=O)[O-])cc1. The smallest absolute Gasteiger partial charge is 0.305 e. The average Bonchev–Trinajstić information content (AvgIpc) is 2.39. The van der Waals surface area contributed by atoms with Crippen LogP contribution in [-0.4, -0.2) is 41.8 Å². The first-order chi connectivity index (χ1) is 9.08. The van der Waals surface area contributed by atoms with Gasteiger partial charge in [-0.25, -0.2) is 0 Å². The molecule has 0 aromatic heterocycles. The monoisotopic (exact) mass is 266 g/mol. The Labute approximate surface area is 109 Å². The van der Waals surface area contributed by atoms with Gasteiger partial charge in [0.1, 0.15) is 0 Å². The number of carbonyl (C=O) groups is 1. The Balaban J connectivity index is 2.17. The van der Waals surface area contributed by atoms with Crippen molar-refractivity contribution in [2.24, 2.45) is 0 Å². The number of hydrogen-bond acceptors (Lipinski definition) is 5. The third kappa shape index (κ3) is 3.19. The van der Waals surface area contributed by atoms with Gasteiger partial charge in [-0.3, -0.25) is 14.9 Å². The number of non-ortho nitro benzene ring substituents is 1. The van der Waals surface area contributed by atoms with Crippen molar-refractivity contribution in [3.63, 3.8) is 0 Å². The van der Waals surface area contributed by atoms with Crippen LogP contribution in [-0.2, 0) is 9.53 Å². The van der Waals surface area contributed by atoms with E-state index in [1.54, 1.807) is 12.1 Å². The molecule has 0 amide bonds. The zero-order chi connectivity index (χ0) is 13.8. The van der Waals surface area contributed by atoms with E-state index in [4.69, 9.17) is 9.84 Å².